The van der Waals surface area contributed by atoms with Crippen molar-refractivity contribution in [3.8, 4) is 22.6 Å². The Bertz CT molecular complexity index is 1450. The zero-order valence-corrected chi connectivity index (χ0v) is 18.5. The number of fused-ring (bicyclic) bond motifs is 2. The molecule has 5 aromatic carbocycles. The molecule has 0 aromatic heterocycles. The quantitative estimate of drug-likeness (QED) is 0.211. The Labute approximate surface area is 192 Å². The van der Waals surface area contributed by atoms with Crippen LogP contribution in [-0.2, 0) is 0 Å². The molecule has 0 radical (unpaired) electrons. The van der Waals surface area contributed by atoms with Crippen LogP contribution in [0.4, 0.5) is 0 Å². The summed E-state index contributed by atoms with van der Waals surface area (Å²) in [5, 5.41) is 4.14. The summed E-state index contributed by atoms with van der Waals surface area (Å²) in [7, 11) is 0. The van der Waals surface area contributed by atoms with E-state index < -0.39 is 0 Å². The van der Waals surface area contributed by atoms with E-state index in [0.717, 1.165) is 38.4 Å². The van der Waals surface area contributed by atoms with E-state index in [-0.39, 0.29) is 11.6 Å². The molecule has 0 unspecified atom stereocenters. The SMILES string of the molecule is CC(=O)c1ccc(Oc2c3ccccc3c(-c3ccc(C(C)=O)cc3)c3ccccc23)cc1. The van der Waals surface area contributed by atoms with Gasteiger partial charge in [0.2, 0.25) is 0 Å². The molecule has 0 amide bonds. The van der Waals surface area contributed by atoms with E-state index >= 15 is 0 Å². The van der Waals surface area contributed by atoms with Gasteiger partial charge in [0.15, 0.2) is 11.6 Å². The minimum absolute atomic E-state index is 0.0256. The van der Waals surface area contributed by atoms with E-state index in [1.807, 2.05) is 60.7 Å². The maximum Gasteiger partial charge on any atom is 0.159 e. The van der Waals surface area contributed by atoms with E-state index in [0.29, 0.717) is 16.9 Å². The Hall–Kier alpha value is -4.24. The van der Waals surface area contributed by atoms with Gasteiger partial charge >= 0.3 is 0 Å². The van der Waals surface area contributed by atoms with E-state index in [2.05, 4.69) is 24.3 Å². The van der Waals surface area contributed by atoms with Crippen molar-refractivity contribution in [3.63, 3.8) is 0 Å². The van der Waals surface area contributed by atoms with Crippen molar-refractivity contribution in [2.75, 3.05) is 0 Å². The second kappa shape index (κ2) is 8.36. The highest BCUT2D eigenvalue weighted by atomic mass is 16.5. The molecule has 0 aliphatic heterocycles. The van der Waals surface area contributed by atoms with Crippen molar-refractivity contribution in [1.29, 1.82) is 0 Å². The Morgan fingerprint density at radius 1 is 0.545 bits per heavy atom. The van der Waals surface area contributed by atoms with Crippen LogP contribution >= 0.6 is 0 Å². The van der Waals surface area contributed by atoms with Gasteiger partial charge in [-0.05, 0) is 60.0 Å². The lowest BCUT2D eigenvalue weighted by atomic mass is 9.90. The van der Waals surface area contributed by atoms with Gasteiger partial charge in [-0.2, -0.15) is 0 Å². The van der Waals surface area contributed by atoms with Crippen LogP contribution in [0, 0.1) is 0 Å². The lowest BCUT2D eigenvalue weighted by Crippen LogP contribution is -1.94. The standard InChI is InChI=1S/C30H22O3/c1-19(31)21-11-13-23(14-12-21)29-25-7-3-5-9-27(25)30(28-10-6-4-8-26(28)29)33-24-17-15-22(16-18-24)20(2)32/h3-18H,1-2H3. The molecular formula is C30H22O3. The number of hydrogen-bond donors (Lipinski definition) is 0. The maximum atomic E-state index is 11.8. The van der Waals surface area contributed by atoms with Gasteiger partial charge in [-0.15, -0.1) is 0 Å². The molecule has 0 bridgehead atoms. The fourth-order valence-electron chi connectivity index (χ4n) is 4.26. The van der Waals surface area contributed by atoms with Crippen LogP contribution in [0.2, 0.25) is 0 Å². The minimum atomic E-state index is 0.0256. The van der Waals surface area contributed by atoms with Crippen molar-refractivity contribution in [2.24, 2.45) is 0 Å². The molecular weight excluding hydrogens is 408 g/mol. The fourth-order valence-corrected chi connectivity index (χ4v) is 4.26. The van der Waals surface area contributed by atoms with Gasteiger partial charge in [0.05, 0.1) is 0 Å². The number of carbonyl (C=O) groups excluding carboxylic acids is 2. The number of carbonyl (C=O) groups is 2. The summed E-state index contributed by atoms with van der Waals surface area (Å²) < 4.78 is 6.43. The van der Waals surface area contributed by atoms with Crippen LogP contribution in [0.25, 0.3) is 32.7 Å². The third-order valence-corrected chi connectivity index (χ3v) is 5.94. The van der Waals surface area contributed by atoms with Crippen molar-refractivity contribution in [2.45, 2.75) is 13.8 Å². The first-order chi connectivity index (χ1) is 16.0. The number of hydrogen-bond acceptors (Lipinski definition) is 3. The van der Waals surface area contributed by atoms with Crippen molar-refractivity contribution < 1.29 is 14.3 Å². The summed E-state index contributed by atoms with van der Waals surface area (Å²) in [5.74, 6) is 1.53. The summed E-state index contributed by atoms with van der Waals surface area (Å²) >= 11 is 0. The van der Waals surface area contributed by atoms with Gasteiger partial charge in [0.25, 0.3) is 0 Å². The molecule has 5 aromatic rings. The summed E-state index contributed by atoms with van der Waals surface area (Å²) in [6.07, 6.45) is 0. The van der Waals surface area contributed by atoms with E-state index in [4.69, 9.17) is 4.74 Å². The van der Waals surface area contributed by atoms with Gasteiger partial charge in [-0.25, -0.2) is 0 Å². The molecule has 3 heteroatoms. The molecule has 0 saturated heterocycles. The van der Waals surface area contributed by atoms with Crippen LogP contribution in [0.1, 0.15) is 34.6 Å². The third kappa shape index (κ3) is 3.79. The zero-order valence-electron chi connectivity index (χ0n) is 18.5. The molecule has 0 aliphatic carbocycles. The molecule has 160 valence electrons. The predicted molar refractivity (Wildman–Crippen MR) is 133 cm³/mol. The average Bonchev–Trinajstić information content (AvgIpc) is 2.84. The lowest BCUT2D eigenvalue weighted by molar-refractivity contribution is 0.100. The number of Topliss-reactive ketones (excluding diaryl/α,β-unsaturated/α-hetero) is 2. The van der Waals surface area contributed by atoms with Crippen LogP contribution in [0.15, 0.2) is 97.1 Å². The Morgan fingerprint density at radius 3 is 1.42 bits per heavy atom. The second-order valence-corrected chi connectivity index (χ2v) is 8.11. The minimum Gasteiger partial charge on any atom is -0.456 e. The topological polar surface area (TPSA) is 43.4 Å². The molecule has 0 fully saturated rings. The van der Waals surface area contributed by atoms with Crippen molar-refractivity contribution in [1.82, 2.24) is 0 Å². The normalized spacial score (nSPS) is 11.0. The zero-order chi connectivity index (χ0) is 22.9. The molecule has 0 saturated carbocycles. The number of rotatable bonds is 5. The Kier molecular flexibility index (Phi) is 5.23. The first kappa shape index (κ1) is 20.7. The van der Waals surface area contributed by atoms with Crippen LogP contribution in [0.5, 0.6) is 11.5 Å². The predicted octanol–water partition coefficient (Wildman–Crippen LogP) is 7.86. The summed E-state index contributed by atoms with van der Waals surface area (Å²) in [6, 6.07) is 31.4. The van der Waals surface area contributed by atoms with Crippen LogP contribution in [0.3, 0.4) is 0 Å². The molecule has 0 aliphatic rings. The fraction of sp³-hybridized carbons (Fsp3) is 0.0667. The highest BCUT2D eigenvalue weighted by molar-refractivity contribution is 6.17. The Balaban J connectivity index is 1.74. The van der Waals surface area contributed by atoms with Crippen LogP contribution < -0.4 is 4.74 Å². The van der Waals surface area contributed by atoms with Gasteiger partial charge in [0, 0.05) is 21.9 Å². The summed E-state index contributed by atoms with van der Waals surface area (Å²) in [4.78, 5) is 23.4. The summed E-state index contributed by atoms with van der Waals surface area (Å²) in [6.45, 7) is 3.13. The van der Waals surface area contributed by atoms with Gasteiger partial charge in [0.1, 0.15) is 11.5 Å². The molecule has 3 nitrogen and oxygen atoms in total. The van der Waals surface area contributed by atoms with Gasteiger partial charge in [-0.3, -0.25) is 9.59 Å². The second-order valence-electron chi connectivity index (χ2n) is 8.11. The largest absolute Gasteiger partial charge is 0.456 e. The molecule has 33 heavy (non-hydrogen) atoms. The number of ketones is 2. The van der Waals surface area contributed by atoms with Crippen molar-refractivity contribution >= 4 is 33.1 Å². The van der Waals surface area contributed by atoms with Gasteiger partial charge in [-0.1, -0.05) is 72.8 Å². The monoisotopic (exact) mass is 430 g/mol. The van der Waals surface area contributed by atoms with Crippen molar-refractivity contribution in [3.05, 3.63) is 108 Å². The van der Waals surface area contributed by atoms with E-state index in [1.165, 1.54) is 0 Å². The average molecular weight is 431 g/mol. The first-order valence-corrected chi connectivity index (χ1v) is 10.9. The van der Waals surface area contributed by atoms with E-state index in [9.17, 15) is 9.59 Å². The molecule has 0 spiro atoms. The maximum absolute atomic E-state index is 11.8. The van der Waals surface area contributed by atoms with Gasteiger partial charge < -0.3 is 4.74 Å². The van der Waals surface area contributed by atoms with E-state index in [1.54, 1.807) is 26.0 Å². The molecule has 0 atom stereocenters. The number of benzene rings is 5. The smallest absolute Gasteiger partial charge is 0.159 e. The third-order valence-electron chi connectivity index (χ3n) is 5.94. The first-order valence-electron chi connectivity index (χ1n) is 10.9. The summed E-state index contributed by atoms with van der Waals surface area (Å²) in [5.41, 5.74) is 3.50. The molecule has 0 N–H and O–H groups in total. The number of ether oxygens (including phenoxy) is 1. The lowest BCUT2D eigenvalue weighted by Gasteiger charge is -2.18. The van der Waals surface area contributed by atoms with Crippen LogP contribution in [-0.4, -0.2) is 11.6 Å². The Morgan fingerprint density at radius 2 is 0.970 bits per heavy atom. The molecule has 5 rings (SSSR count). The highest BCUT2D eigenvalue weighted by Crippen LogP contribution is 2.44. The highest BCUT2D eigenvalue weighted by Gasteiger charge is 2.17. The molecule has 0 heterocycles.